The number of nitrogen functional groups attached to an aromatic ring is 1. The van der Waals surface area contributed by atoms with Crippen molar-refractivity contribution in [2.24, 2.45) is 0 Å². The van der Waals surface area contributed by atoms with E-state index < -0.39 is 0 Å². The molecule has 0 aliphatic carbocycles. The number of fused-ring (bicyclic) bond motifs is 1. The van der Waals surface area contributed by atoms with Gasteiger partial charge in [-0.25, -0.2) is 0 Å². The zero-order chi connectivity index (χ0) is 15.6. The van der Waals surface area contributed by atoms with Crippen molar-refractivity contribution in [3.05, 3.63) is 23.8 Å². The lowest BCUT2D eigenvalue weighted by molar-refractivity contribution is -0.128. The Kier molecular flexibility index (Phi) is 6.08. The van der Waals surface area contributed by atoms with Crippen molar-refractivity contribution in [1.82, 2.24) is 5.32 Å². The fourth-order valence-electron chi connectivity index (χ4n) is 2.48. The molecule has 0 spiro atoms. The molecule has 0 radical (unpaired) electrons. The number of carbonyl (C=O) groups is 1. The minimum Gasteiger partial charge on any atom is -0.487 e. The molecule has 22 heavy (non-hydrogen) atoms. The molecule has 0 fully saturated rings. The van der Waals surface area contributed by atoms with Gasteiger partial charge < -0.3 is 20.5 Å². The van der Waals surface area contributed by atoms with Crippen LogP contribution >= 0.6 is 12.4 Å². The first kappa shape index (κ1) is 18.6. The Morgan fingerprint density at radius 3 is 2.82 bits per heavy atom. The maximum atomic E-state index is 12.0. The van der Waals surface area contributed by atoms with Crippen molar-refractivity contribution in [2.45, 2.75) is 51.9 Å². The van der Waals surface area contributed by atoms with Crippen molar-refractivity contribution in [1.29, 1.82) is 0 Å². The quantitative estimate of drug-likeness (QED) is 0.833. The van der Waals surface area contributed by atoms with Gasteiger partial charge in [-0.15, -0.1) is 12.4 Å². The summed E-state index contributed by atoms with van der Waals surface area (Å²) in [5, 5.41) is 3.01. The van der Waals surface area contributed by atoms with E-state index in [1.807, 2.05) is 39.8 Å². The number of nitrogens with one attached hydrogen (secondary N) is 1. The molecule has 1 amide bonds. The molecule has 0 saturated heterocycles. The second kappa shape index (κ2) is 7.20. The number of carbonyl (C=O) groups excluding carboxylic acids is 1. The SMILES string of the molecule is CC(C)OCC(=O)NC1CC(C)(C)Oc2ccc(N)cc21.Cl. The van der Waals surface area contributed by atoms with Crippen LogP contribution in [0.4, 0.5) is 5.69 Å². The minimum atomic E-state index is -0.333. The Balaban J connectivity index is 0.00000242. The van der Waals surface area contributed by atoms with Gasteiger partial charge in [0.25, 0.3) is 0 Å². The highest BCUT2D eigenvalue weighted by Crippen LogP contribution is 2.40. The van der Waals surface area contributed by atoms with Crippen LogP contribution < -0.4 is 15.8 Å². The number of hydrogen-bond acceptors (Lipinski definition) is 4. The van der Waals surface area contributed by atoms with Crippen molar-refractivity contribution >= 4 is 24.0 Å². The van der Waals surface area contributed by atoms with Gasteiger partial charge in [0.05, 0.1) is 12.1 Å². The molecule has 1 aliphatic rings. The number of benzene rings is 1. The van der Waals surface area contributed by atoms with Gasteiger partial charge in [-0.1, -0.05) is 0 Å². The summed E-state index contributed by atoms with van der Waals surface area (Å²) in [6.07, 6.45) is 0.724. The molecule has 2 rings (SSSR count). The number of hydrogen-bond donors (Lipinski definition) is 2. The third-order valence-corrected chi connectivity index (χ3v) is 3.37. The summed E-state index contributed by atoms with van der Waals surface area (Å²) >= 11 is 0. The topological polar surface area (TPSA) is 73.6 Å². The van der Waals surface area contributed by atoms with Crippen molar-refractivity contribution < 1.29 is 14.3 Å². The van der Waals surface area contributed by atoms with Gasteiger partial charge in [-0.05, 0) is 45.9 Å². The first-order chi connectivity index (χ1) is 9.77. The summed E-state index contributed by atoms with van der Waals surface area (Å²) in [6, 6.07) is 5.41. The molecule has 0 saturated carbocycles. The van der Waals surface area contributed by atoms with E-state index in [4.69, 9.17) is 15.2 Å². The molecular weight excluding hydrogens is 304 g/mol. The zero-order valence-electron chi connectivity index (χ0n) is 13.5. The molecule has 124 valence electrons. The lowest BCUT2D eigenvalue weighted by atomic mass is 9.89. The smallest absolute Gasteiger partial charge is 0.246 e. The van der Waals surface area contributed by atoms with Crippen LogP contribution in [0.15, 0.2) is 18.2 Å². The zero-order valence-corrected chi connectivity index (χ0v) is 14.3. The Hall–Kier alpha value is -1.46. The Labute approximate surface area is 138 Å². The third-order valence-electron chi connectivity index (χ3n) is 3.37. The first-order valence-electron chi connectivity index (χ1n) is 7.26. The van der Waals surface area contributed by atoms with Gasteiger partial charge >= 0.3 is 0 Å². The molecule has 0 bridgehead atoms. The van der Waals surface area contributed by atoms with Crippen LogP contribution in [0.1, 0.15) is 45.7 Å². The molecule has 5 nitrogen and oxygen atoms in total. The minimum absolute atomic E-state index is 0. The Bertz CT molecular complexity index is 532. The lowest BCUT2D eigenvalue weighted by Gasteiger charge is -2.38. The van der Waals surface area contributed by atoms with E-state index in [0.29, 0.717) is 12.1 Å². The maximum absolute atomic E-state index is 12.0. The summed E-state index contributed by atoms with van der Waals surface area (Å²) < 4.78 is 11.3. The van der Waals surface area contributed by atoms with Gasteiger partial charge in [-0.3, -0.25) is 4.79 Å². The number of rotatable bonds is 4. The van der Waals surface area contributed by atoms with Gasteiger partial charge in [0, 0.05) is 17.7 Å². The molecule has 1 aromatic carbocycles. The van der Waals surface area contributed by atoms with Gasteiger partial charge in [0.2, 0.25) is 5.91 Å². The number of ether oxygens (including phenoxy) is 2. The predicted octanol–water partition coefficient (Wildman–Crippen LogP) is 2.83. The maximum Gasteiger partial charge on any atom is 0.246 e. The molecule has 1 atom stereocenters. The van der Waals surface area contributed by atoms with Crippen LogP contribution in [0.5, 0.6) is 5.75 Å². The summed E-state index contributed by atoms with van der Waals surface area (Å²) in [5.74, 6) is 0.648. The largest absolute Gasteiger partial charge is 0.487 e. The second-order valence-corrected chi connectivity index (χ2v) is 6.34. The van der Waals surface area contributed by atoms with E-state index in [-0.39, 0.29) is 42.7 Å². The lowest BCUT2D eigenvalue weighted by Crippen LogP contribution is -2.42. The molecule has 1 aliphatic heterocycles. The summed E-state index contributed by atoms with van der Waals surface area (Å²) in [4.78, 5) is 12.0. The fraction of sp³-hybridized carbons (Fsp3) is 0.562. The highest BCUT2D eigenvalue weighted by Gasteiger charge is 2.34. The van der Waals surface area contributed by atoms with E-state index in [2.05, 4.69) is 5.32 Å². The number of halogens is 1. The number of anilines is 1. The van der Waals surface area contributed by atoms with Crippen LogP contribution in [0.3, 0.4) is 0 Å². The van der Waals surface area contributed by atoms with E-state index in [9.17, 15) is 4.79 Å². The average molecular weight is 329 g/mol. The highest BCUT2D eigenvalue weighted by atomic mass is 35.5. The number of nitrogens with two attached hydrogens (primary N) is 1. The molecule has 1 unspecified atom stereocenters. The van der Waals surface area contributed by atoms with Gasteiger partial charge in [0.1, 0.15) is 18.0 Å². The highest BCUT2D eigenvalue weighted by molar-refractivity contribution is 5.85. The third kappa shape index (κ3) is 4.78. The van der Waals surface area contributed by atoms with Crippen molar-refractivity contribution in [3.8, 4) is 5.75 Å². The normalized spacial score (nSPS) is 18.9. The monoisotopic (exact) mass is 328 g/mol. The summed E-state index contributed by atoms with van der Waals surface area (Å²) in [7, 11) is 0. The fourth-order valence-corrected chi connectivity index (χ4v) is 2.48. The summed E-state index contributed by atoms with van der Waals surface area (Å²) in [6.45, 7) is 7.89. The number of amides is 1. The predicted molar refractivity (Wildman–Crippen MR) is 89.4 cm³/mol. The van der Waals surface area contributed by atoms with Crippen LogP contribution in [0, 0.1) is 0 Å². The summed E-state index contributed by atoms with van der Waals surface area (Å²) in [5.41, 5.74) is 7.10. The van der Waals surface area contributed by atoms with Crippen LogP contribution in [-0.4, -0.2) is 24.2 Å². The molecule has 0 aromatic heterocycles. The Morgan fingerprint density at radius 1 is 1.50 bits per heavy atom. The average Bonchev–Trinajstić information content (AvgIpc) is 2.36. The van der Waals surface area contributed by atoms with Crippen LogP contribution in [0.25, 0.3) is 0 Å². The first-order valence-corrected chi connectivity index (χ1v) is 7.26. The molecule has 1 aromatic rings. The van der Waals surface area contributed by atoms with Gasteiger partial charge in [0.15, 0.2) is 0 Å². The molecule has 1 heterocycles. The standard InChI is InChI=1S/C16H24N2O3.ClH/c1-10(2)20-9-15(19)18-13-8-16(3,4)21-14-6-5-11(17)7-12(13)14;/h5-7,10,13H,8-9,17H2,1-4H3,(H,18,19);1H. The van der Waals surface area contributed by atoms with E-state index in [0.717, 1.165) is 11.3 Å². The van der Waals surface area contributed by atoms with Crippen LogP contribution in [-0.2, 0) is 9.53 Å². The van der Waals surface area contributed by atoms with E-state index >= 15 is 0 Å². The Morgan fingerprint density at radius 2 is 2.18 bits per heavy atom. The second-order valence-electron chi connectivity index (χ2n) is 6.34. The van der Waals surface area contributed by atoms with E-state index in [1.54, 1.807) is 6.07 Å². The van der Waals surface area contributed by atoms with E-state index in [1.165, 1.54) is 0 Å². The van der Waals surface area contributed by atoms with Crippen molar-refractivity contribution in [3.63, 3.8) is 0 Å². The molecule has 6 heteroatoms. The van der Waals surface area contributed by atoms with Crippen molar-refractivity contribution in [2.75, 3.05) is 12.3 Å². The molecular formula is C16H25ClN2O3. The van der Waals surface area contributed by atoms with Gasteiger partial charge in [-0.2, -0.15) is 0 Å². The van der Waals surface area contributed by atoms with Crippen LogP contribution in [0.2, 0.25) is 0 Å². The molecule has 3 N–H and O–H groups in total.